The minimum Gasteiger partial charge on any atom is -0.476 e. The van der Waals surface area contributed by atoms with Gasteiger partial charge in [-0.3, -0.25) is 19.4 Å². The van der Waals surface area contributed by atoms with Gasteiger partial charge in [-0.1, -0.05) is 0 Å². The van der Waals surface area contributed by atoms with Gasteiger partial charge in [0.25, 0.3) is 11.8 Å². The summed E-state index contributed by atoms with van der Waals surface area (Å²) < 4.78 is 6.72. The number of hydrogen-bond donors (Lipinski definition) is 0. The van der Waals surface area contributed by atoms with Crippen molar-refractivity contribution in [3.05, 3.63) is 31.3 Å². The van der Waals surface area contributed by atoms with E-state index in [2.05, 4.69) is 38.5 Å². The summed E-state index contributed by atoms with van der Waals surface area (Å²) in [6.07, 6.45) is 1.51. The van der Waals surface area contributed by atoms with Crippen molar-refractivity contribution in [1.82, 2.24) is 9.80 Å². The number of benzene rings is 1. The van der Waals surface area contributed by atoms with Crippen LogP contribution in [-0.2, 0) is 9.59 Å². The van der Waals surface area contributed by atoms with Gasteiger partial charge in [-0.2, -0.15) is 5.26 Å². The molecule has 0 aliphatic carbocycles. The molecule has 0 aromatic heterocycles. The van der Waals surface area contributed by atoms with E-state index in [4.69, 9.17) is 22.2 Å². The lowest BCUT2D eigenvalue weighted by Gasteiger charge is -2.31. The van der Waals surface area contributed by atoms with E-state index in [-0.39, 0.29) is 17.3 Å². The summed E-state index contributed by atoms with van der Waals surface area (Å²) in [5.74, 6) is -0.353. The summed E-state index contributed by atoms with van der Waals surface area (Å²) in [6, 6.07) is 5.39. The minimum absolute atomic E-state index is 0.0296. The number of carbonyl (C=O) groups excluding carboxylic acids is 2. The Labute approximate surface area is 166 Å². The van der Waals surface area contributed by atoms with E-state index in [1.165, 1.54) is 30.0 Å². The second-order valence-electron chi connectivity index (χ2n) is 4.83. The van der Waals surface area contributed by atoms with E-state index in [0.717, 1.165) is 3.57 Å². The molecule has 1 fully saturated rings. The molecule has 2 rings (SSSR count). The zero-order chi connectivity index (χ0) is 18.0. The number of carbonyl (C=O) groups is 2. The molecule has 24 heavy (non-hydrogen) atoms. The molecule has 1 saturated heterocycles. The molecule has 0 atom stereocenters. The molecule has 1 heterocycles. The first-order valence-electron chi connectivity index (χ1n) is 6.58. The van der Waals surface area contributed by atoms with Gasteiger partial charge in [-0.05, 0) is 74.5 Å². The second-order valence-corrected chi connectivity index (χ2v) is 7.21. The van der Waals surface area contributed by atoms with Crippen LogP contribution in [0.1, 0.15) is 5.56 Å². The van der Waals surface area contributed by atoms with Gasteiger partial charge in [0.05, 0.1) is 8.04 Å². The Bertz CT molecular complexity index is 770. The molecule has 1 aliphatic heterocycles. The average Bonchev–Trinajstić information content (AvgIpc) is 2.54. The molecule has 1 aromatic carbocycles. The number of rotatable bonds is 3. The van der Waals surface area contributed by atoms with E-state index in [1.807, 2.05) is 6.07 Å². The highest BCUT2D eigenvalue weighted by Gasteiger charge is 2.35. The highest BCUT2D eigenvalue weighted by Crippen LogP contribution is 2.33. The molecule has 0 radical (unpaired) electrons. The number of nitriles is 1. The van der Waals surface area contributed by atoms with Gasteiger partial charge in [0.1, 0.15) is 17.4 Å². The standard InChI is InChI=1S/C15H11BrIN3O3S/c1-19-13(21)9(14(22)20(2)15(19)24)5-8-6-10(16)12(11(17)7-8)23-4-3-18/h5-7H,4H2,1-2H3. The van der Waals surface area contributed by atoms with Crippen LogP contribution < -0.4 is 4.74 Å². The van der Waals surface area contributed by atoms with Gasteiger partial charge in [0, 0.05) is 14.1 Å². The van der Waals surface area contributed by atoms with E-state index >= 15 is 0 Å². The van der Waals surface area contributed by atoms with Crippen molar-refractivity contribution in [2.24, 2.45) is 0 Å². The lowest BCUT2D eigenvalue weighted by molar-refractivity contribution is -0.132. The third-order valence-electron chi connectivity index (χ3n) is 3.26. The Morgan fingerprint density at radius 3 is 2.42 bits per heavy atom. The molecule has 9 heteroatoms. The Kier molecular flexibility index (Phi) is 5.95. The van der Waals surface area contributed by atoms with Crippen molar-refractivity contribution in [3.63, 3.8) is 0 Å². The predicted molar refractivity (Wildman–Crippen MR) is 104 cm³/mol. The summed E-state index contributed by atoms with van der Waals surface area (Å²) >= 11 is 10.5. The van der Waals surface area contributed by atoms with Gasteiger partial charge in [-0.25, -0.2) is 0 Å². The summed E-state index contributed by atoms with van der Waals surface area (Å²) in [5, 5.41) is 8.78. The van der Waals surface area contributed by atoms with Crippen LogP contribution in [0.4, 0.5) is 0 Å². The molecule has 0 N–H and O–H groups in total. The number of nitrogens with zero attached hydrogens (tertiary/aromatic N) is 3. The van der Waals surface area contributed by atoms with Crippen LogP contribution in [0.2, 0.25) is 0 Å². The quantitative estimate of drug-likeness (QED) is 0.265. The Hall–Kier alpha value is -1.51. The minimum atomic E-state index is -0.445. The predicted octanol–water partition coefficient (Wildman–Crippen LogP) is 2.55. The Balaban J connectivity index is 2.44. The lowest BCUT2D eigenvalue weighted by atomic mass is 10.1. The first kappa shape index (κ1) is 18.8. The maximum absolute atomic E-state index is 12.3. The fraction of sp³-hybridized carbons (Fsp3) is 0.200. The third-order valence-corrected chi connectivity index (χ3v) is 5.19. The zero-order valence-electron chi connectivity index (χ0n) is 12.7. The maximum atomic E-state index is 12.3. The molecule has 6 nitrogen and oxygen atoms in total. The number of halogens is 2. The lowest BCUT2D eigenvalue weighted by Crippen LogP contribution is -2.52. The SMILES string of the molecule is CN1C(=O)C(=Cc2cc(Br)c(OCC#N)c(I)c2)C(=O)N(C)C1=S. The van der Waals surface area contributed by atoms with E-state index < -0.39 is 11.8 Å². The molecule has 0 unspecified atom stereocenters. The van der Waals surface area contributed by atoms with Crippen LogP contribution in [0.3, 0.4) is 0 Å². The number of likely N-dealkylation sites (N-methyl/N-ethyl adjacent to an activating group) is 2. The third kappa shape index (κ3) is 3.60. The van der Waals surface area contributed by atoms with Gasteiger partial charge >= 0.3 is 0 Å². The van der Waals surface area contributed by atoms with Crippen molar-refractivity contribution in [1.29, 1.82) is 5.26 Å². The number of amides is 2. The zero-order valence-corrected chi connectivity index (χ0v) is 17.2. The van der Waals surface area contributed by atoms with E-state index in [9.17, 15) is 9.59 Å². The fourth-order valence-corrected chi connectivity index (χ4v) is 3.98. The normalized spacial score (nSPS) is 14.8. The number of thiocarbonyl (C=S) groups is 1. The Morgan fingerprint density at radius 2 is 1.92 bits per heavy atom. The van der Waals surface area contributed by atoms with Gasteiger partial charge in [0.15, 0.2) is 11.7 Å². The molecule has 1 aromatic rings. The summed E-state index contributed by atoms with van der Waals surface area (Å²) in [4.78, 5) is 27.2. The van der Waals surface area contributed by atoms with Crippen molar-refractivity contribution >= 4 is 73.7 Å². The highest BCUT2D eigenvalue weighted by molar-refractivity contribution is 14.1. The smallest absolute Gasteiger partial charge is 0.265 e. The van der Waals surface area contributed by atoms with Crippen LogP contribution in [0.5, 0.6) is 5.75 Å². The largest absolute Gasteiger partial charge is 0.476 e. The van der Waals surface area contributed by atoms with Gasteiger partial charge in [-0.15, -0.1) is 0 Å². The topological polar surface area (TPSA) is 73.6 Å². The fourth-order valence-electron chi connectivity index (χ4n) is 2.05. The van der Waals surface area contributed by atoms with Crippen LogP contribution in [0.25, 0.3) is 6.08 Å². The molecule has 124 valence electrons. The summed E-state index contributed by atoms with van der Waals surface area (Å²) in [6.45, 7) is -0.0704. The highest BCUT2D eigenvalue weighted by atomic mass is 127. The van der Waals surface area contributed by atoms with Gasteiger partial charge < -0.3 is 4.74 Å². The first-order chi connectivity index (χ1) is 11.3. The van der Waals surface area contributed by atoms with Crippen LogP contribution >= 0.6 is 50.7 Å². The Morgan fingerprint density at radius 1 is 1.33 bits per heavy atom. The first-order valence-corrected chi connectivity index (χ1v) is 8.86. The number of hydrogen-bond acceptors (Lipinski definition) is 5. The van der Waals surface area contributed by atoms with E-state index in [1.54, 1.807) is 12.1 Å². The molecular weight excluding hydrogens is 509 g/mol. The number of ether oxygens (including phenoxy) is 1. The molecule has 0 saturated carbocycles. The van der Waals surface area contributed by atoms with E-state index in [0.29, 0.717) is 15.8 Å². The van der Waals surface area contributed by atoms with Crippen molar-refractivity contribution in [3.8, 4) is 11.8 Å². The van der Waals surface area contributed by atoms with Crippen LogP contribution in [0.15, 0.2) is 22.2 Å². The van der Waals surface area contributed by atoms with Crippen molar-refractivity contribution < 1.29 is 14.3 Å². The summed E-state index contributed by atoms with van der Waals surface area (Å²) in [5.41, 5.74) is 0.684. The molecule has 1 aliphatic rings. The van der Waals surface area contributed by atoms with Crippen LogP contribution in [-0.4, -0.2) is 47.4 Å². The second kappa shape index (κ2) is 7.58. The average molecular weight is 520 g/mol. The summed E-state index contributed by atoms with van der Waals surface area (Å²) in [7, 11) is 3.06. The molecule has 2 amide bonds. The molecule has 0 spiro atoms. The molecular formula is C15H11BrIN3O3S. The van der Waals surface area contributed by atoms with Gasteiger partial charge in [0.2, 0.25) is 0 Å². The molecule has 0 bridgehead atoms. The van der Waals surface area contributed by atoms with Crippen molar-refractivity contribution in [2.75, 3.05) is 20.7 Å². The maximum Gasteiger partial charge on any atom is 0.265 e. The van der Waals surface area contributed by atoms with Crippen LogP contribution in [0, 0.1) is 14.9 Å². The monoisotopic (exact) mass is 519 g/mol. The van der Waals surface area contributed by atoms with Crippen molar-refractivity contribution in [2.45, 2.75) is 0 Å².